The minimum atomic E-state index is -1.56. The number of halogens is 3. The fraction of sp³-hybridized carbons (Fsp3) is 0.300. The molecule has 0 bridgehead atoms. The molecule has 0 spiro atoms. The summed E-state index contributed by atoms with van der Waals surface area (Å²) in [5, 5.41) is 0. The summed E-state index contributed by atoms with van der Waals surface area (Å²) in [4.78, 5) is 10.9. The molecule has 1 aromatic rings. The molecule has 1 aromatic carbocycles. The van der Waals surface area contributed by atoms with Gasteiger partial charge in [-0.2, -0.15) is 0 Å². The minimum Gasteiger partial charge on any atom is -0.469 e. The van der Waals surface area contributed by atoms with Gasteiger partial charge in [0.25, 0.3) is 0 Å². The lowest BCUT2D eigenvalue weighted by molar-refractivity contribution is -0.141. The normalized spacial score (nSPS) is 12.3. The van der Waals surface area contributed by atoms with Crippen LogP contribution in [0.2, 0.25) is 0 Å². The van der Waals surface area contributed by atoms with E-state index in [2.05, 4.69) is 4.74 Å². The fourth-order valence-electron chi connectivity index (χ4n) is 1.17. The zero-order valence-corrected chi connectivity index (χ0v) is 8.47. The fourth-order valence-corrected chi connectivity index (χ4v) is 1.17. The smallest absolute Gasteiger partial charge is 0.307 e. The highest BCUT2D eigenvalue weighted by molar-refractivity contribution is 5.70. The summed E-state index contributed by atoms with van der Waals surface area (Å²) in [6.07, 6.45) is -0.235. The first kappa shape index (κ1) is 12.5. The van der Waals surface area contributed by atoms with Crippen molar-refractivity contribution < 1.29 is 22.7 Å². The maximum absolute atomic E-state index is 12.8. The molecule has 0 heterocycles. The van der Waals surface area contributed by atoms with E-state index in [0.717, 1.165) is 12.1 Å². The van der Waals surface area contributed by atoms with Crippen LogP contribution in [0.5, 0.6) is 0 Å². The van der Waals surface area contributed by atoms with Gasteiger partial charge in [0.05, 0.1) is 13.5 Å². The molecule has 0 saturated heterocycles. The van der Waals surface area contributed by atoms with Gasteiger partial charge in [0.15, 0.2) is 17.5 Å². The molecule has 1 unspecified atom stereocenters. The summed E-state index contributed by atoms with van der Waals surface area (Å²) in [5.41, 5.74) is 5.50. The molecular formula is C10H10F3NO2. The van der Waals surface area contributed by atoms with Crippen LogP contribution in [0, 0.1) is 17.5 Å². The Balaban J connectivity index is 2.92. The van der Waals surface area contributed by atoms with Gasteiger partial charge < -0.3 is 10.5 Å². The van der Waals surface area contributed by atoms with Crippen LogP contribution in [0.15, 0.2) is 12.1 Å². The van der Waals surface area contributed by atoms with Crippen molar-refractivity contribution in [1.29, 1.82) is 0 Å². The van der Waals surface area contributed by atoms with E-state index in [0.29, 0.717) is 0 Å². The van der Waals surface area contributed by atoms with Crippen molar-refractivity contribution >= 4 is 5.97 Å². The van der Waals surface area contributed by atoms with Gasteiger partial charge in [-0.25, -0.2) is 13.2 Å². The first-order valence-electron chi connectivity index (χ1n) is 4.42. The maximum Gasteiger partial charge on any atom is 0.307 e. The lowest BCUT2D eigenvalue weighted by Gasteiger charge is -2.11. The second-order valence-electron chi connectivity index (χ2n) is 3.19. The van der Waals surface area contributed by atoms with Crippen LogP contribution in [-0.4, -0.2) is 13.1 Å². The number of benzene rings is 1. The van der Waals surface area contributed by atoms with Gasteiger partial charge in [-0.05, 0) is 17.7 Å². The summed E-state index contributed by atoms with van der Waals surface area (Å²) >= 11 is 0. The molecule has 16 heavy (non-hydrogen) atoms. The molecule has 0 aliphatic heterocycles. The highest BCUT2D eigenvalue weighted by atomic mass is 19.2. The zero-order chi connectivity index (χ0) is 12.3. The van der Waals surface area contributed by atoms with Crippen molar-refractivity contribution in [2.75, 3.05) is 7.11 Å². The number of esters is 1. The second-order valence-corrected chi connectivity index (χ2v) is 3.19. The summed E-state index contributed by atoms with van der Waals surface area (Å²) < 4.78 is 42.6. The van der Waals surface area contributed by atoms with Crippen LogP contribution in [0.25, 0.3) is 0 Å². The standard InChI is InChI=1S/C10H10F3NO2/c1-16-9(15)4-8(14)5-2-6(11)10(13)7(12)3-5/h2-3,8H,4,14H2,1H3. The third kappa shape index (κ3) is 2.73. The highest BCUT2D eigenvalue weighted by Crippen LogP contribution is 2.20. The predicted molar refractivity (Wildman–Crippen MR) is 49.9 cm³/mol. The topological polar surface area (TPSA) is 52.3 Å². The number of hydrogen-bond acceptors (Lipinski definition) is 3. The molecule has 1 atom stereocenters. The lowest BCUT2D eigenvalue weighted by Crippen LogP contribution is -2.17. The van der Waals surface area contributed by atoms with Crippen LogP contribution in [0.3, 0.4) is 0 Å². The zero-order valence-electron chi connectivity index (χ0n) is 8.47. The predicted octanol–water partition coefficient (Wildman–Crippen LogP) is 1.67. The van der Waals surface area contributed by atoms with Crippen LogP contribution in [-0.2, 0) is 9.53 Å². The van der Waals surface area contributed by atoms with E-state index in [1.165, 1.54) is 7.11 Å². The van der Waals surface area contributed by atoms with Gasteiger partial charge in [-0.15, -0.1) is 0 Å². The van der Waals surface area contributed by atoms with Gasteiger partial charge in [0.1, 0.15) is 0 Å². The van der Waals surface area contributed by atoms with Gasteiger partial charge in [-0.3, -0.25) is 4.79 Å². The molecule has 1 rings (SSSR count). The Labute approximate surface area is 90.0 Å². The van der Waals surface area contributed by atoms with E-state index in [-0.39, 0.29) is 12.0 Å². The second kappa shape index (κ2) is 4.98. The number of rotatable bonds is 3. The van der Waals surface area contributed by atoms with Crippen molar-refractivity contribution in [3.05, 3.63) is 35.1 Å². The minimum absolute atomic E-state index is 0.00167. The monoisotopic (exact) mass is 233 g/mol. The van der Waals surface area contributed by atoms with Crippen LogP contribution >= 0.6 is 0 Å². The van der Waals surface area contributed by atoms with E-state index in [4.69, 9.17) is 5.73 Å². The van der Waals surface area contributed by atoms with Crippen LogP contribution < -0.4 is 5.73 Å². The Bertz CT molecular complexity index is 386. The third-order valence-corrected chi connectivity index (χ3v) is 2.05. The van der Waals surface area contributed by atoms with E-state index in [9.17, 15) is 18.0 Å². The van der Waals surface area contributed by atoms with Crippen molar-refractivity contribution in [1.82, 2.24) is 0 Å². The molecule has 0 amide bonds. The molecule has 0 aliphatic carbocycles. The molecule has 88 valence electrons. The SMILES string of the molecule is COC(=O)CC(N)c1cc(F)c(F)c(F)c1. The number of nitrogens with two attached hydrogens (primary N) is 1. The van der Waals surface area contributed by atoms with Crippen molar-refractivity contribution in [3.8, 4) is 0 Å². The Kier molecular flexibility index (Phi) is 3.89. The molecule has 6 heteroatoms. The average Bonchev–Trinajstić information content (AvgIpc) is 2.24. The van der Waals surface area contributed by atoms with E-state index >= 15 is 0 Å². The number of carbonyl (C=O) groups excluding carboxylic acids is 1. The third-order valence-electron chi connectivity index (χ3n) is 2.05. The summed E-state index contributed by atoms with van der Waals surface area (Å²) in [7, 11) is 1.17. The largest absolute Gasteiger partial charge is 0.469 e. The molecule has 0 aromatic heterocycles. The van der Waals surface area contributed by atoms with Gasteiger partial charge >= 0.3 is 5.97 Å². The summed E-state index contributed by atoms with van der Waals surface area (Å²) in [6.45, 7) is 0. The Hall–Kier alpha value is -1.56. The molecular weight excluding hydrogens is 223 g/mol. The van der Waals surface area contributed by atoms with E-state index in [1.54, 1.807) is 0 Å². The number of carbonyl (C=O) groups is 1. The van der Waals surface area contributed by atoms with Crippen molar-refractivity contribution in [3.63, 3.8) is 0 Å². The Morgan fingerprint density at radius 2 is 1.88 bits per heavy atom. The number of ether oxygens (including phenoxy) is 1. The van der Waals surface area contributed by atoms with Crippen LogP contribution in [0.1, 0.15) is 18.0 Å². The first-order chi connectivity index (χ1) is 7.45. The van der Waals surface area contributed by atoms with Crippen molar-refractivity contribution in [2.45, 2.75) is 12.5 Å². The van der Waals surface area contributed by atoms with Gasteiger partial charge in [0.2, 0.25) is 0 Å². The van der Waals surface area contributed by atoms with E-state index in [1.807, 2.05) is 0 Å². The quantitative estimate of drug-likeness (QED) is 0.638. The molecule has 0 aliphatic rings. The van der Waals surface area contributed by atoms with Crippen LogP contribution in [0.4, 0.5) is 13.2 Å². The number of methoxy groups -OCH3 is 1. The average molecular weight is 233 g/mol. The first-order valence-corrected chi connectivity index (χ1v) is 4.42. The molecule has 0 fully saturated rings. The van der Waals surface area contributed by atoms with E-state index < -0.39 is 29.5 Å². The lowest BCUT2D eigenvalue weighted by atomic mass is 10.0. The molecule has 2 N–H and O–H groups in total. The Morgan fingerprint density at radius 1 is 1.38 bits per heavy atom. The summed E-state index contributed by atoms with van der Waals surface area (Å²) in [5.74, 6) is -4.85. The Morgan fingerprint density at radius 3 is 2.31 bits per heavy atom. The molecule has 0 radical (unpaired) electrons. The van der Waals surface area contributed by atoms with Crippen molar-refractivity contribution in [2.24, 2.45) is 5.73 Å². The van der Waals surface area contributed by atoms with Gasteiger partial charge in [0, 0.05) is 6.04 Å². The van der Waals surface area contributed by atoms with Gasteiger partial charge in [-0.1, -0.05) is 0 Å². The highest BCUT2D eigenvalue weighted by Gasteiger charge is 2.17. The number of hydrogen-bond donors (Lipinski definition) is 1. The molecule has 0 saturated carbocycles. The maximum atomic E-state index is 12.8. The summed E-state index contributed by atoms with van der Waals surface area (Å²) in [6, 6.07) is 0.579. The molecule has 3 nitrogen and oxygen atoms in total.